The molecular formula is C15H11ClFN3O3. The average molecular weight is 336 g/mol. The van der Waals surface area contributed by atoms with E-state index < -0.39 is 18.0 Å². The largest absolute Gasteiger partial charge is 0.483 e. The number of nitrogens with two attached hydrogens (primary N) is 1. The third kappa shape index (κ3) is 3.09. The van der Waals surface area contributed by atoms with Crippen LogP contribution in [-0.2, 0) is 6.42 Å². The Hall–Kier alpha value is -2.67. The normalized spacial score (nSPS) is 16.8. The zero-order chi connectivity index (χ0) is 16.6. The van der Waals surface area contributed by atoms with Gasteiger partial charge in [0, 0.05) is 12.5 Å². The first-order valence-corrected chi connectivity index (χ1v) is 7.01. The van der Waals surface area contributed by atoms with Gasteiger partial charge in [-0.1, -0.05) is 17.7 Å². The summed E-state index contributed by atoms with van der Waals surface area (Å²) in [5, 5.41) is 8.66. The van der Waals surface area contributed by atoms with Crippen molar-refractivity contribution in [1.82, 2.24) is 4.98 Å². The van der Waals surface area contributed by atoms with E-state index in [0.717, 1.165) is 5.56 Å². The molecule has 2 heterocycles. The lowest BCUT2D eigenvalue weighted by Gasteiger charge is -2.11. The molecule has 1 aliphatic heterocycles. The molecule has 118 valence electrons. The van der Waals surface area contributed by atoms with Gasteiger partial charge in [0.1, 0.15) is 23.4 Å². The van der Waals surface area contributed by atoms with Crippen LogP contribution < -0.4 is 10.5 Å². The molecule has 1 amide bonds. The van der Waals surface area contributed by atoms with E-state index in [-0.39, 0.29) is 16.6 Å². The lowest BCUT2D eigenvalue weighted by molar-refractivity contribution is 0.205. The van der Waals surface area contributed by atoms with Crippen LogP contribution in [0.2, 0.25) is 5.02 Å². The number of carboxylic acid groups (broad SMARTS) is 1. The van der Waals surface area contributed by atoms with Crippen LogP contribution in [-0.4, -0.2) is 22.0 Å². The maximum absolute atomic E-state index is 13.5. The summed E-state index contributed by atoms with van der Waals surface area (Å²) in [6.07, 6.45) is -1.35. The molecule has 23 heavy (non-hydrogen) atoms. The zero-order valence-corrected chi connectivity index (χ0v) is 12.4. The van der Waals surface area contributed by atoms with Gasteiger partial charge in [0.15, 0.2) is 5.84 Å². The van der Waals surface area contributed by atoms with Gasteiger partial charge in [0.05, 0.1) is 10.7 Å². The van der Waals surface area contributed by atoms with Gasteiger partial charge in [-0.15, -0.1) is 0 Å². The average Bonchev–Trinajstić information content (AvgIpc) is 2.90. The van der Waals surface area contributed by atoms with Gasteiger partial charge in [-0.3, -0.25) is 0 Å². The maximum Gasteiger partial charge on any atom is 0.433 e. The number of hydrogen-bond donors (Lipinski definition) is 2. The Balaban J connectivity index is 1.88. The van der Waals surface area contributed by atoms with Crippen molar-refractivity contribution in [3.63, 3.8) is 0 Å². The molecule has 2 aromatic rings. The first kappa shape index (κ1) is 15.2. The molecule has 0 saturated heterocycles. The number of nitrogens with zero attached hydrogens (tertiary/aromatic N) is 2. The Bertz CT molecular complexity index is 795. The van der Waals surface area contributed by atoms with Crippen molar-refractivity contribution in [2.24, 2.45) is 10.7 Å². The standard InChI is InChI=1S/C15H11ClFN3O3/c16-8-4-7-5-13(23-12(7)6-9(8)17)10-2-1-3-11(19-10)14(18)20-15(21)22/h1-4,6,13H,5H2,(H2,18,20)(H,21,22). The number of fused-ring (bicyclic) bond motifs is 1. The Kier molecular flexibility index (Phi) is 3.87. The van der Waals surface area contributed by atoms with Gasteiger partial charge in [-0.25, -0.2) is 14.2 Å². The van der Waals surface area contributed by atoms with Crippen LogP contribution in [0.5, 0.6) is 5.75 Å². The summed E-state index contributed by atoms with van der Waals surface area (Å²) in [4.78, 5) is 18.1. The molecule has 1 aliphatic rings. The fraction of sp³-hybridized carbons (Fsp3) is 0.133. The van der Waals surface area contributed by atoms with Crippen molar-refractivity contribution in [2.75, 3.05) is 0 Å². The zero-order valence-electron chi connectivity index (χ0n) is 11.7. The van der Waals surface area contributed by atoms with E-state index in [2.05, 4.69) is 9.98 Å². The number of benzene rings is 1. The molecule has 0 fully saturated rings. The summed E-state index contributed by atoms with van der Waals surface area (Å²) in [7, 11) is 0. The van der Waals surface area contributed by atoms with E-state index in [9.17, 15) is 9.18 Å². The molecule has 6 nitrogen and oxygen atoms in total. The van der Waals surface area contributed by atoms with Gasteiger partial charge in [0.2, 0.25) is 0 Å². The van der Waals surface area contributed by atoms with Crippen LogP contribution in [0, 0.1) is 5.82 Å². The quantitative estimate of drug-likeness (QED) is 0.649. The smallest absolute Gasteiger partial charge is 0.433 e. The number of aromatic nitrogens is 1. The number of amides is 1. The molecule has 1 aromatic carbocycles. The number of aliphatic imine (C=N–C) groups is 1. The number of rotatable bonds is 2. The van der Waals surface area contributed by atoms with Crippen LogP contribution in [0.25, 0.3) is 0 Å². The summed E-state index contributed by atoms with van der Waals surface area (Å²) in [5.74, 6) is -0.342. The van der Waals surface area contributed by atoms with Crippen molar-refractivity contribution in [1.29, 1.82) is 0 Å². The molecule has 0 aliphatic carbocycles. The van der Waals surface area contributed by atoms with Gasteiger partial charge >= 0.3 is 6.09 Å². The van der Waals surface area contributed by atoms with Crippen molar-refractivity contribution in [3.05, 3.63) is 58.1 Å². The molecule has 0 radical (unpaired) electrons. The topological polar surface area (TPSA) is 97.8 Å². The highest BCUT2D eigenvalue weighted by Crippen LogP contribution is 2.38. The Labute approximate surface area is 135 Å². The minimum atomic E-state index is -1.40. The Morgan fingerprint density at radius 1 is 1.48 bits per heavy atom. The molecule has 0 saturated carbocycles. The van der Waals surface area contributed by atoms with Gasteiger partial charge in [-0.05, 0) is 23.8 Å². The number of hydrogen-bond acceptors (Lipinski definition) is 3. The summed E-state index contributed by atoms with van der Waals surface area (Å²) in [5.41, 5.74) is 7.14. The third-order valence-electron chi connectivity index (χ3n) is 3.36. The van der Waals surface area contributed by atoms with Crippen molar-refractivity contribution >= 4 is 23.5 Å². The van der Waals surface area contributed by atoms with Crippen LogP contribution in [0.15, 0.2) is 35.3 Å². The second kappa shape index (κ2) is 5.85. The first-order valence-electron chi connectivity index (χ1n) is 6.63. The fourth-order valence-electron chi connectivity index (χ4n) is 2.33. The third-order valence-corrected chi connectivity index (χ3v) is 3.65. The van der Waals surface area contributed by atoms with E-state index in [1.165, 1.54) is 12.1 Å². The van der Waals surface area contributed by atoms with Crippen molar-refractivity contribution in [3.8, 4) is 5.75 Å². The number of ether oxygens (including phenoxy) is 1. The van der Waals surface area contributed by atoms with Crippen LogP contribution in [0.4, 0.5) is 9.18 Å². The molecular weight excluding hydrogens is 325 g/mol. The minimum Gasteiger partial charge on any atom is -0.483 e. The Morgan fingerprint density at radius 2 is 2.26 bits per heavy atom. The molecule has 1 aromatic heterocycles. The molecule has 3 rings (SSSR count). The maximum atomic E-state index is 13.5. The first-order chi connectivity index (χ1) is 10.9. The highest BCUT2D eigenvalue weighted by atomic mass is 35.5. The summed E-state index contributed by atoms with van der Waals surface area (Å²) in [6, 6.07) is 7.69. The summed E-state index contributed by atoms with van der Waals surface area (Å²) < 4.78 is 19.2. The van der Waals surface area contributed by atoms with Gasteiger partial charge in [-0.2, -0.15) is 4.99 Å². The molecule has 1 unspecified atom stereocenters. The SMILES string of the molecule is N/C(=N\C(=O)O)c1cccc(C2Cc3cc(Cl)c(F)cc3O2)n1. The highest BCUT2D eigenvalue weighted by Gasteiger charge is 2.27. The molecule has 3 N–H and O–H groups in total. The molecule has 1 atom stereocenters. The number of amidine groups is 1. The van der Waals surface area contributed by atoms with E-state index >= 15 is 0 Å². The van der Waals surface area contributed by atoms with Crippen molar-refractivity contribution < 1.29 is 19.0 Å². The van der Waals surface area contributed by atoms with E-state index in [1.54, 1.807) is 18.2 Å². The van der Waals surface area contributed by atoms with Gasteiger partial charge in [0.25, 0.3) is 0 Å². The lowest BCUT2D eigenvalue weighted by Crippen LogP contribution is -2.18. The summed E-state index contributed by atoms with van der Waals surface area (Å²) in [6.45, 7) is 0. The predicted octanol–water partition coefficient (Wildman–Crippen LogP) is 2.93. The highest BCUT2D eigenvalue weighted by molar-refractivity contribution is 6.30. The Morgan fingerprint density at radius 3 is 3.00 bits per heavy atom. The second-order valence-electron chi connectivity index (χ2n) is 4.91. The lowest BCUT2D eigenvalue weighted by atomic mass is 10.1. The predicted molar refractivity (Wildman–Crippen MR) is 81.5 cm³/mol. The van der Waals surface area contributed by atoms with Crippen molar-refractivity contribution in [2.45, 2.75) is 12.5 Å². The number of halogens is 2. The van der Waals surface area contributed by atoms with Crippen LogP contribution in [0.1, 0.15) is 23.1 Å². The second-order valence-corrected chi connectivity index (χ2v) is 5.32. The number of pyridine rings is 1. The molecule has 0 bridgehead atoms. The molecule has 8 heteroatoms. The minimum absolute atomic E-state index is 0.0348. The van der Waals surface area contributed by atoms with Gasteiger partial charge < -0.3 is 15.6 Å². The van der Waals surface area contributed by atoms with E-state index in [4.69, 9.17) is 27.2 Å². The number of carbonyl (C=O) groups is 1. The molecule has 0 spiro atoms. The van der Waals surface area contributed by atoms with Crippen LogP contribution >= 0.6 is 11.6 Å². The monoisotopic (exact) mass is 335 g/mol. The summed E-state index contributed by atoms with van der Waals surface area (Å²) >= 11 is 5.77. The van der Waals surface area contributed by atoms with E-state index in [0.29, 0.717) is 17.9 Å². The fourth-order valence-corrected chi connectivity index (χ4v) is 2.52. The van der Waals surface area contributed by atoms with Crippen LogP contribution in [0.3, 0.4) is 0 Å². The van der Waals surface area contributed by atoms with E-state index in [1.807, 2.05) is 0 Å².